The highest BCUT2D eigenvalue weighted by Gasteiger charge is 2.37. The molecule has 0 saturated carbocycles. The summed E-state index contributed by atoms with van der Waals surface area (Å²) < 4.78 is 32.9. The number of halogens is 1. The van der Waals surface area contributed by atoms with Gasteiger partial charge in [-0.15, -0.1) is 0 Å². The number of ether oxygens (including phenoxy) is 1. The van der Waals surface area contributed by atoms with Gasteiger partial charge in [0, 0.05) is 29.7 Å². The molecule has 0 N–H and O–H groups in total. The number of sulfonamides is 1. The summed E-state index contributed by atoms with van der Waals surface area (Å²) in [6.07, 6.45) is 0.659. The van der Waals surface area contributed by atoms with E-state index in [1.165, 1.54) is 4.31 Å². The maximum absolute atomic E-state index is 13.0. The molecule has 6 nitrogen and oxygen atoms in total. The summed E-state index contributed by atoms with van der Waals surface area (Å²) in [5.41, 5.74) is 3.55. The van der Waals surface area contributed by atoms with E-state index in [0.29, 0.717) is 35.8 Å². The molecule has 0 radical (unpaired) electrons. The number of fused-ring (bicyclic) bond motifs is 1. The van der Waals surface area contributed by atoms with Gasteiger partial charge in [-0.3, -0.25) is 4.90 Å². The third-order valence-electron chi connectivity index (χ3n) is 5.80. The summed E-state index contributed by atoms with van der Waals surface area (Å²) in [7, 11) is -3.56. The molecule has 2 aliphatic heterocycles. The number of carbonyl (C=O) groups is 1. The third kappa shape index (κ3) is 3.63. The number of hydrogen-bond acceptors (Lipinski definition) is 4. The van der Waals surface area contributed by atoms with Gasteiger partial charge in [0.25, 0.3) is 0 Å². The molecule has 154 valence electrons. The van der Waals surface area contributed by atoms with E-state index in [-0.39, 0.29) is 12.6 Å². The molecule has 0 bridgehead atoms. The zero-order valence-electron chi connectivity index (χ0n) is 16.4. The normalized spacial score (nSPS) is 18.4. The molecule has 29 heavy (non-hydrogen) atoms. The topological polar surface area (TPSA) is 66.9 Å². The molecule has 2 heterocycles. The van der Waals surface area contributed by atoms with Crippen LogP contribution < -0.4 is 4.90 Å². The van der Waals surface area contributed by atoms with Gasteiger partial charge in [0.15, 0.2) is 0 Å². The van der Waals surface area contributed by atoms with E-state index < -0.39 is 16.1 Å². The van der Waals surface area contributed by atoms with Crippen LogP contribution in [0.5, 0.6) is 0 Å². The maximum atomic E-state index is 13.0. The molecular weight excluding hydrogens is 412 g/mol. The van der Waals surface area contributed by atoms with Gasteiger partial charge < -0.3 is 4.74 Å². The number of anilines is 1. The molecule has 0 aromatic heterocycles. The summed E-state index contributed by atoms with van der Waals surface area (Å²) in [4.78, 5) is 14.4. The van der Waals surface area contributed by atoms with Crippen LogP contribution in [0, 0.1) is 13.8 Å². The van der Waals surface area contributed by atoms with Crippen LogP contribution >= 0.6 is 11.6 Å². The Hall–Kier alpha value is -2.09. The van der Waals surface area contributed by atoms with Crippen LogP contribution in [0.25, 0.3) is 0 Å². The van der Waals surface area contributed by atoms with E-state index >= 15 is 0 Å². The van der Waals surface area contributed by atoms with Crippen LogP contribution in [0.1, 0.15) is 29.5 Å². The van der Waals surface area contributed by atoms with Crippen molar-refractivity contribution >= 4 is 33.4 Å². The van der Waals surface area contributed by atoms with Gasteiger partial charge in [-0.05, 0) is 62.1 Å². The smallest absolute Gasteiger partial charge is 0.414 e. The lowest BCUT2D eigenvalue weighted by molar-refractivity contribution is 0.136. The summed E-state index contributed by atoms with van der Waals surface area (Å²) in [5.74, 6) is 0. The minimum absolute atomic E-state index is 0.133. The number of piperidine rings is 1. The predicted octanol–water partition coefficient (Wildman–Crippen LogP) is 4.27. The predicted molar refractivity (Wildman–Crippen MR) is 112 cm³/mol. The Morgan fingerprint density at radius 3 is 2.48 bits per heavy atom. The largest absolute Gasteiger partial charge is 0.444 e. The first-order valence-electron chi connectivity index (χ1n) is 9.60. The van der Waals surface area contributed by atoms with Gasteiger partial charge in [-0.1, -0.05) is 23.7 Å². The Morgan fingerprint density at radius 2 is 1.79 bits per heavy atom. The SMILES string of the molecule is Cc1ccc(S(=O)(=O)N2CCC(N3C(=O)OCc4c(Cl)cccc43)CC2)cc1C. The van der Waals surface area contributed by atoms with Gasteiger partial charge in [-0.2, -0.15) is 4.31 Å². The monoisotopic (exact) mass is 434 g/mol. The van der Waals surface area contributed by atoms with E-state index in [0.717, 1.165) is 22.4 Å². The zero-order chi connectivity index (χ0) is 20.8. The molecule has 4 rings (SSSR count). The van der Waals surface area contributed by atoms with Crippen molar-refractivity contribution < 1.29 is 17.9 Å². The second kappa shape index (κ2) is 7.63. The number of benzene rings is 2. The third-order valence-corrected chi connectivity index (χ3v) is 8.04. The van der Waals surface area contributed by atoms with Gasteiger partial charge in [0.2, 0.25) is 10.0 Å². The number of nitrogens with zero attached hydrogens (tertiary/aromatic N) is 2. The fraction of sp³-hybridized carbons (Fsp3) is 0.381. The fourth-order valence-corrected chi connectivity index (χ4v) is 5.71. The van der Waals surface area contributed by atoms with Crippen LogP contribution in [0.15, 0.2) is 41.3 Å². The molecule has 1 fully saturated rings. The van der Waals surface area contributed by atoms with E-state index in [2.05, 4.69) is 0 Å². The van der Waals surface area contributed by atoms with Crippen molar-refractivity contribution in [3.63, 3.8) is 0 Å². The second-order valence-electron chi connectivity index (χ2n) is 7.54. The highest BCUT2D eigenvalue weighted by atomic mass is 35.5. The minimum Gasteiger partial charge on any atom is -0.444 e. The second-order valence-corrected chi connectivity index (χ2v) is 9.89. The quantitative estimate of drug-likeness (QED) is 0.723. The standard InChI is InChI=1S/C21H23ClN2O4S/c1-14-6-7-17(12-15(14)2)29(26,27)23-10-8-16(9-11-23)24-20-5-3-4-19(22)18(20)13-28-21(24)25/h3-7,12,16H,8-11,13H2,1-2H3. The summed E-state index contributed by atoms with van der Waals surface area (Å²) >= 11 is 6.26. The first kappa shape index (κ1) is 20.2. The molecule has 1 saturated heterocycles. The molecule has 0 spiro atoms. The average Bonchev–Trinajstić information content (AvgIpc) is 2.70. The van der Waals surface area contributed by atoms with Crippen molar-refractivity contribution in [3.05, 3.63) is 58.1 Å². The van der Waals surface area contributed by atoms with Gasteiger partial charge in [0.1, 0.15) is 6.61 Å². The highest BCUT2D eigenvalue weighted by Crippen LogP contribution is 2.36. The lowest BCUT2D eigenvalue weighted by Crippen LogP contribution is -2.50. The van der Waals surface area contributed by atoms with E-state index in [1.54, 1.807) is 23.1 Å². The lowest BCUT2D eigenvalue weighted by Gasteiger charge is -2.40. The summed E-state index contributed by atoms with van der Waals surface area (Å²) in [6.45, 7) is 4.72. The number of hydrogen-bond donors (Lipinski definition) is 0. The van der Waals surface area contributed by atoms with Crippen molar-refractivity contribution in [1.82, 2.24) is 4.31 Å². The number of carbonyl (C=O) groups excluding carboxylic acids is 1. The molecule has 0 aliphatic carbocycles. The highest BCUT2D eigenvalue weighted by molar-refractivity contribution is 7.89. The molecule has 8 heteroatoms. The van der Waals surface area contributed by atoms with Crippen LogP contribution in [0.4, 0.5) is 10.5 Å². The molecule has 2 aliphatic rings. The Labute approximate surface area is 176 Å². The molecule has 2 aromatic carbocycles. The Balaban J connectivity index is 1.53. The number of amides is 1. The molecule has 2 aromatic rings. The lowest BCUT2D eigenvalue weighted by atomic mass is 10.0. The number of rotatable bonds is 3. The molecule has 0 unspecified atom stereocenters. The van der Waals surface area contributed by atoms with E-state index in [1.807, 2.05) is 32.0 Å². The van der Waals surface area contributed by atoms with Gasteiger partial charge >= 0.3 is 6.09 Å². The van der Waals surface area contributed by atoms with Gasteiger partial charge in [0.05, 0.1) is 10.6 Å². The summed E-state index contributed by atoms with van der Waals surface area (Å²) in [5, 5.41) is 0.565. The fourth-order valence-electron chi connectivity index (χ4n) is 3.93. The average molecular weight is 435 g/mol. The van der Waals surface area contributed by atoms with Crippen molar-refractivity contribution in [2.75, 3.05) is 18.0 Å². The molecule has 1 amide bonds. The Bertz CT molecular complexity index is 1060. The Morgan fingerprint density at radius 1 is 1.07 bits per heavy atom. The van der Waals surface area contributed by atoms with Crippen molar-refractivity contribution in [3.8, 4) is 0 Å². The molecule has 0 atom stereocenters. The van der Waals surface area contributed by atoms with Crippen LogP contribution in [-0.4, -0.2) is 37.9 Å². The first-order valence-corrected chi connectivity index (χ1v) is 11.4. The number of cyclic esters (lactones) is 1. The van der Waals surface area contributed by atoms with Gasteiger partial charge in [-0.25, -0.2) is 13.2 Å². The van der Waals surface area contributed by atoms with Crippen molar-refractivity contribution in [2.45, 2.75) is 44.2 Å². The molecular formula is C21H23ClN2O4S. The number of aryl methyl sites for hydroxylation is 2. The van der Waals surface area contributed by atoms with Crippen LogP contribution in [-0.2, 0) is 21.4 Å². The maximum Gasteiger partial charge on any atom is 0.414 e. The first-order chi connectivity index (χ1) is 13.8. The van der Waals surface area contributed by atoms with Crippen LogP contribution in [0.3, 0.4) is 0 Å². The minimum atomic E-state index is -3.56. The Kier molecular flexibility index (Phi) is 5.31. The van der Waals surface area contributed by atoms with Crippen molar-refractivity contribution in [2.24, 2.45) is 0 Å². The zero-order valence-corrected chi connectivity index (χ0v) is 18.0. The van der Waals surface area contributed by atoms with Crippen molar-refractivity contribution in [1.29, 1.82) is 0 Å². The van der Waals surface area contributed by atoms with E-state index in [4.69, 9.17) is 16.3 Å². The van der Waals surface area contributed by atoms with E-state index in [9.17, 15) is 13.2 Å². The summed E-state index contributed by atoms with van der Waals surface area (Å²) in [6, 6.07) is 10.5. The van der Waals surface area contributed by atoms with Crippen LogP contribution in [0.2, 0.25) is 5.02 Å².